The van der Waals surface area contributed by atoms with Crippen molar-refractivity contribution in [3.8, 4) is 0 Å². The Bertz CT molecular complexity index is 1790. The third kappa shape index (κ3) is 7.54. The van der Waals surface area contributed by atoms with Gasteiger partial charge in [0, 0.05) is 29.2 Å². The zero-order chi connectivity index (χ0) is 33.3. The van der Waals surface area contributed by atoms with E-state index in [1.165, 1.54) is 17.8 Å². The number of ether oxygens (including phenoxy) is 1. The first-order chi connectivity index (χ1) is 22.5. The molecule has 15 heteroatoms. The summed E-state index contributed by atoms with van der Waals surface area (Å²) in [5.41, 5.74) is 1.46. The predicted octanol–water partition coefficient (Wildman–Crippen LogP) is 7.55. The van der Waals surface area contributed by atoms with Crippen molar-refractivity contribution in [1.29, 1.82) is 0 Å². The first-order valence-electron chi connectivity index (χ1n) is 15.1. The van der Waals surface area contributed by atoms with Crippen molar-refractivity contribution in [2.75, 3.05) is 43.6 Å². The summed E-state index contributed by atoms with van der Waals surface area (Å²) in [6, 6.07) is 12.6. The van der Waals surface area contributed by atoms with E-state index < -0.39 is 24.0 Å². The maximum atomic E-state index is 14.1. The van der Waals surface area contributed by atoms with Crippen molar-refractivity contribution in [3.05, 3.63) is 69.7 Å². The number of benzene rings is 2. The number of hydrogen-bond acceptors (Lipinski definition) is 7. The molecule has 2 fully saturated rings. The third-order valence-corrected chi connectivity index (χ3v) is 10.1. The van der Waals surface area contributed by atoms with Crippen LogP contribution in [0.2, 0.25) is 10.0 Å². The van der Waals surface area contributed by atoms with E-state index in [1.54, 1.807) is 42.5 Å². The largest absolute Gasteiger partial charge is 0.471 e. The van der Waals surface area contributed by atoms with Crippen molar-refractivity contribution in [2.45, 2.75) is 53.7 Å². The van der Waals surface area contributed by atoms with Gasteiger partial charge in [-0.1, -0.05) is 41.0 Å². The molecular weight excluding hydrogens is 676 g/mol. The van der Waals surface area contributed by atoms with Gasteiger partial charge in [0.05, 0.1) is 21.8 Å². The van der Waals surface area contributed by atoms with Crippen molar-refractivity contribution in [1.82, 2.24) is 20.1 Å². The third-order valence-electron chi connectivity index (χ3n) is 8.46. The second kappa shape index (κ2) is 14.0. The molecule has 2 saturated heterocycles. The molecule has 2 amide bonds. The van der Waals surface area contributed by atoms with Crippen LogP contribution in [0.15, 0.2) is 58.5 Å². The Kier molecular flexibility index (Phi) is 10.00. The van der Waals surface area contributed by atoms with E-state index in [0.717, 1.165) is 36.4 Å². The smallest absolute Gasteiger partial charge is 0.381 e. The molecule has 0 spiro atoms. The van der Waals surface area contributed by atoms with Gasteiger partial charge in [0.1, 0.15) is 10.5 Å². The molecule has 2 aromatic heterocycles. The van der Waals surface area contributed by atoms with E-state index in [4.69, 9.17) is 27.9 Å². The molecule has 4 heterocycles. The molecule has 0 radical (unpaired) electrons. The lowest BCUT2D eigenvalue weighted by atomic mass is 9.88. The Labute approximate surface area is 283 Å². The lowest BCUT2D eigenvalue weighted by Crippen LogP contribution is -2.50. The fraction of sp³-hybridized carbons (Fsp3) is 0.375. The molecule has 6 rings (SSSR count). The van der Waals surface area contributed by atoms with E-state index in [9.17, 15) is 22.8 Å². The van der Waals surface area contributed by atoms with Crippen molar-refractivity contribution in [3.63, 3.8) is 0 Å². The van der Waals surface area contributed by atoms with Crippen molar-refractivity contribution < 1.29 is 27.5 Å². The number of anilines is 2. The Morgan fingerprint density at radius 1 is 1.04 bits per heavy atom. The molecule has 2 aliphatic heterocycles. The average Bonchev–Trinajstić information content (AvgIpc) is 3.45. The summed E-state index contributed by atoms with van der Waals surface area (Å²) in [4.78, 5) is 35.3. The number of likely N-dealkylation sites (tertiary alicyclic amines) is 1. The summed E-state index contributed by atoms with van der Waals surface area (Å²) < 4.78 is 47.8. The molecule has 2 aromatic carbocycles. The van der Waals surface area contributed by atoms with E-state index in [2.05, 4.69) is 25.4 Å². The number of aromatic amines is 1. The van der Waals surface area contributed by atoms with E-state index >= 15 is 0 Å². The number of nitrogens with zero attached hydrogens (tertiary/aromatic N) is 4. The lowest BCUT2D eigenvalue weighted by Gasteiger charge is -2.36. The zero-order valence-electron chi connectivity index (χ0n) is 25.2. The zero-order valence-corrected chi connectivity index (χ0v) is 27.6. The number of nitrogens with one attached hydrogen (secondary N) is 2. The molecule has 0 aliphatic carbocycles. The first-order valence-corrected chi connectivity index (χ1v) is 16.6. The van der Waals surface area contributed by atoms with E-state index in [1.807, 2.05) is 7.05 Å². The van der Waals surface area contributed by atoms with Crippen LogP contribution in [0.4, 0.5) is 24.7 Å². The molecule has 2 N–H and O–H groups in total. The molecule has 0 bridgehead atoms. The number of rotatable bonds is 7. The van der Waals surface area contributed by atoms with Gasteiger partial charge in [0.25, 0.3) is 5.91 Å². The monoisotopic (exact) mass is 706 g/mol. The number of aromatic nitrogens is 3. The second-order valence-corrected chi connectivity index (χ2v) is 13.5. The fourth-order valence-corrected chi connectivity index (χ4v) is 7.28. The maximum absolute atomic E-state index is 14.1. The van der Waals surface area contributed by atoms with Crippen molar-refractivity contribution in [2.24, 2.45) is 0 Å². The molecular formula is C32H31Cl2F3N6O3S. The number of amides is 2. The van der Waals surface area contributed by atoms with E-state index in [0.29, 0.717) is 31.0 Å². The summed E-state index contributed by atoms with van der Waals surface area (Å²) in [6.07, 6.45) is -3.15. The molecule has 0 unspecified atom stereocenters. The van der Waals surface area contributed by atoms with Gasteiger partial charge in [-0.25, -0.2) is 4.98 Å². The van der Waals surface area contributed by atoms with Crippen LogP contribution in [0.3, 0.4) is 0 Å². The summed E-state index contributed by atoms with van der Waals surface area (Å²) in [5.74, 6) is -2.60. The van der Waals surface area contributed by atoms with Gasteiger partial charge in [0.2, 0.25) is 0 Å². The Morgan fingerprint density at radius 2 is 1.79 bits per heavy atom. The van der Waals surface area contributed by atoms with E-state index in [-0.39, 0.29) is 49.0 Å². The highest BCUT2D eigenvalue weighted by atomic mass is 35.5. The quantitative estimate of drug-likeness (QED) is 0.205. The molecule has 9 nitrogen and oxygen atoms in total. The van der Waals surface area contributed by atoms with Gasteiger partial charge >= 0.3 is 12.1 Å². The molecule has 248 valence electrons. The van der Waals surface area contributed by atoms with Crippen LogP contribution in [0.1, 0.15) is 47.5 Å². The number of fused-ring (bicyclic) bond motifs is 1. The molecule has 0 atom stereocenters. The summed E-state index contributed by atoms with van der Waals surface area (Å²) >= 11 is 13.7. The van der Waals surface area contributed by atoms with Gasteiger partial charge < -0.3 is 19.9 Å². The number of hydrogen-bond donors (Lipinski definition) is 2. The standard InChI is InChI=1S/C32H31Cl2F3N6O3S/c1-42-12-8-18(9-13-42)19-2-4-22(25(16-19)43(31(45)32(35,36)37)21-10-14-46-15-11-21)30(44)39-29-28-24(40-41-29)6-7-27(38-28)47-26-17-20(33)3-5-23(26)34/h2-7,16-18,21H,8-15H2,1H3,(H2,39,40,41,44). The van der Waals surface area contributed by atoms with Crippen LogP contribution in [-0.2, 0) is 9.53 Å². The highest BCUT2D eigenvalue weighted by molar-refractivity contribution is 7.99. The molecule has 4 aromatic rings. The van der Waals surface area contributed by atoms with Crippen LogP contribution in [0, 0.1) is 0 Å². The number of pyridine rings is 1. The van der Waals surface area contributed by atoms with Crippen molar-refractivity contribution >= 4 is 69.3 Å². The number of alkyl halides is 3. The highest BCUT2D eigenvalue weighted by Gasteiger charge is 2.46. The van der Waals surface area contributed by atoms with Crippen LogP contribution in [0.25, 0.3) is 11.0 Å². The fourth-order valence-electron chi connectivity index (χ4n) is 5.96. The summed E-state index contributed by atoms with van der Waals surface area (Å²) in [6.45, 7) is 2.06. The topological polar surface area (TPSA) is 103 Å². The second-order valence-electron chi connectivity index (χ2n) is 11.6. The number of H-pyrrole nitrogens is 1. The SMILES string of the molecule is CN1CCC(c2ccc(C(=O)Nc3n[nH]c4ccc(Sc5cc(Cl)ccc5Cl)nc34)c(N(C(=O)C(F)(F)F)C3CCOCC3)c2)CC1. The van der Waals surface area contributed by atoms with Gasteiger partial charge in [-0.3, -0.25) is 14.7 Å². The summed E-state index contributed by atoms with van der Waals surface area (Å²) in [5, 5.41) is 11.3. The molecule has 47 heavy (non-hydrogen) atoms. The number of halogens is 5. The van der Waals surface area contributed by atoms with Gasteiger partial charge in [0.15, 0.2) is 5.82 Å². The van der Waals surface area contributed by atoms with Gasteiger partial charge in [-0.15, -0.1) is 0 Å². The van der Waals surface area contributed by atoms with Crippen LogP contribution in [0.5, 0.6) is 0 Å². The minimum Gasteiger partial charge on any atom is -0.381 e. The minimum absolute atomic E-state index is 0.0722. The van der Waals surface area contributed by atoms with Gasteiger partial charge in [-0.05, 0) is 99.8 Å². The number of carbonyl (C=O) groups excluding carboxylic acids is 2. The Balaban J connectivity index is 1.37. The predicted molar refractivity (Wildman–Crippen MR) is 176 cm³/mol. The Morgan fingerprint density at radius 3 is 2.51 bits per heavy atom. The normalized spacial score (nSPS) is 16.8. The number of carbonyl (C=O) groups is 2. The first kappa shape index (κ1) is 33.5. The van der Waals surface area contributed by atoms with Crippen LogP contribution in [-0.4, -0.2) is 77.5 Å². The van der Waals surface area contributed by atoms with Gasteiger partial charge in [-0.2, -0.15) is 18.3 Å². The maximum Gasteiger partial charge on any atom is 0.471 e. The molecule has 0 saturated carbocycles. The Hall–Kier alpha value is -3.36. The highest BCUT2D eigenvalue weighted by Crippen LogP contribution is 2.38. The average molecular weight is 708 g/mol. The lowest BCUT2D eigenvalue weighted by molar-refractivity contribution is -0.171. The minimum atomic E-state index is -5.15. The summed E-state index contributed by atoms with van der Waals surface area (Å²) in [7, 11) is 2.02. The molecule has 2 aliphatic rings. The number of piperidine rings is 1. The van der Waals surface area contributed by atoms with Crippen LogP contribution < -0.4 is 10.2 Å². The van der Waals surface area contributed by atoms with Crippen LogP contribution >= 0.6 is 35.0 Å².